The summed E-state index contributed by atoms with van der Waals surface area (Å²) >= 11 is 0. The van der Waals surface area contributed by atoms with Crippen LogP contribution in [-0.2, 0) is 30.1 Å². The number of ether oxygens (including phenoxy) is 2. The lowest BCUT2D eigenvalue weighted by Gasteiger charge is -2.35. The number of thiol groups is 1. The number of rotatable bonds is 13. The zero-order chi connectivity index (χ0) is 41.7. The Bertz CT molecular complexity index is 2200. The zero-order valence-electron chi connectivity index (χ0n) is 32.9. The van der Waals surface area contributed by atoms with Crippen LogP contribution in [0.25, 0.3) is 22.3 Å². The number of alkyl halides is 2. The van der Waals surface area contributed by atoms with Gasteiger partial charge in [-0.05, 0) is 48.9 Å². The number of benzene rings is 1. The van der Waals surface area contributed by atoms with Gasteiger partial charge in [-0.25, -0.2) is 26.5 Å². The number of aromatic nitrogens is 2. The topological polar surface area (TPSA) is 168 Å². The largest absolute Gasteiger partial charge is 0.497 e. The molecule has 58 heavy (non-hydrogen) atoms. The summed E-state index contributed by atoms with van der Waals surface area (Å²) in [7, 11) is -1.75. The Hall–Kier alpha value is -5.19. The van der Waals surface area contributed by atoms with Crippen molar-refractivity contribution in [1.29, 1.82) is 0 Å². The lowest BCUT2D eigenvalue weighted by molar-refractivity contribution is -0.148. The van der Waals surface area contributed by atoms with Crippen LogP contribution in [0.5, 0.6) is 11.5 Å². The van der Waals surface area contributed by atoms with Crippen LogP contribution in [0.4, 0.5) is 8.78 Å². The van der Waals surface area contributed by atoms with E-state index in [1.807, 2.05) is 6.07 Å². The maximum atomic E-state index is 14.8. The molecular weight excluding hydrogens is 775 g/mol. The molecule has 1 N–H and O–H groups in total. The van der Waals surface area contributed by atoms with E-state index in [1.54, 1.807) is 63.4 Å². The number of methoxy groups -OCH3 is 1. The molecule has 4 fully saturated rings. The van der Waals surface area contributed by atoms with E-state index >= 15 is 0 Å². The van der Waals surface area contributed by atoms with Crippen LogP contribution in [0, 0.1) is 17.3 Å². The molecule has 5 atom stereocenters. The number of nitrogens with zero attached hydrogens (tertiary/aromatic N) is 5. The number of halogens is 2. The summed E-state index contributed by atoms with van der Waals surface area (Å²) in [6.45, 7) is 8.11. The predicted octanol–water partition coefficient (Wildman–Crippen LogP) is 4.15. The third-order valence-corrected chi connectivity index (χ3v) is 12.5. The highest BCUT2D eigenvalue weighted by Gasteiger charge is 2.63. The van der Waals surface area contributed by atoms with Gasteiger partial charge < -0.3 is 24.6 Å². The Morgan fingerprint density at radius 2 is 1.88 bits per heavy atom. The van der Waals surface area contributed by atoms with Crippen molar-refractivity contribution in [3.8, 4) is 22.9 Å². The van der Waals surface area contributed by atoms with Gasteiger partial charge >= 0.3 is 0 Å². The minimum atomic E-state index is -3.28. The molecule has 4 heterocycles. The van der Waals surface area contributed by atoms with Crippen LogP contribution in [0.3, 0.4) is 0 Å². The van der Waals surface area contributed by atoms with Crippen LogP contribution in [0.2, 0.25) is 0 Å². The number of carbonyl (C=O) groups excluding carboxylic acids is 4. The Morgan fingerprint density at radius 1 is 1.12 bits per heavy atom. The number of likely N-dealkylation sites (tertiary alicyclic amines) is 2. The number of amides is 4. The van der Waals surface area contributed by atoms with Crippen molar-refractivity contribution in [1.82, 2.24) is 29.4 Å². The molecule has 0 bridgehead atoms. The highest BCUT2D eigenvalue weighted by atomic mass is 32.2. The molecule has 7 rings (SSSR count). The van der Waals surface area contributed by atoms with E-state index in [2.05, 4.69) is 16.9 Å². The van der Waals surface area contributed by atoms with Gasteiger partial charge in [0.15, 0.2) is 0 Å². The van der Waals surface area contributed by atoms with Gasteiger partial charge in [0, 0.05) is 61.5 Å². The minimum Gasteiger partial charge on any atom is -0.497 e. The molecule has 2 aromatic heterocycles. The molecule has 1 unspecified atom stereocenters. The number of fused-ring (bicyclic) bond motifs is 1. The lowest BCUT2D eigenvalue weighted by atomic mass is 9.77. The summed E-state index contributed by atoms with van der Waals surface area (Å²) in [5.41, 5.74) is -0.820. The van der Waals surface area contributed by atoms with Gasteiger partial charge in [-0.3, -0.25) is 24.2 Å². The second-order valence-electron chi connectivity index (χ2n) is 16.8. The molecule has 310 valence electrons. The maximum Gasteiger partial charge on any atom is 0.267 e. The van der Waals surface area contributed by atoms with Crippen LogP contribution >= 0.6 is 0 Å². The fourth-order valence-corrected chi connectivity index (χ4v) is 8.86. The minimum absolute atomic E-state index is 0.0369. The summed E-state index contributed by atoms with van der Waals surface area (Å²) in [6, 6.07) is 10.7. The SMILES string of the molecule is C=CC1C[C@]1(NC(=O)[C@@H]1C[C@@H](Oc2cc(-c3ccccn3)nc3cc(OC)ccc23)CN1C(=O)[C@@H](CC(=O)N1CCC(F)(F)C1)C(C)(C)C)C(=O)N(C1CC1)[SH](=O)=O. The third kappa shape index (κ3) is 8.22. The summed E-state index contributed by atoms with van der Waals surface area (Å²) < 4.78 is 65.7. The van der Waals surface area contributed by atoms with Crippen LogP contribution in [-0.4, -0.2) is 113 Å². The van der Waals surface area contributed by atoms with Crippen LogP contribution in [0.1, 0.15) is 59.3 Å². The van der Waals surface area contributed by atoms with Crippen molar-refractivity contribution in [2.45, 2.75) is 88.9 Å². The molecule has 0 spiro atoms. The quantitative estimate of drug-likeness (QED) is 0.189. The average Bonchev–Trinajstić information content (AvgIpc) is 4.07. The highest BCUT2D eigenvalue weighted by Crippen LogP contribution is 2.48. The molecule has 4 aliphatic rings. The summed E-state index contributed by atoms with van der Waals surface area (Å²) in [5.74, 6) is -6.27. The molecule has 2 aliphatic heterocycles. The molecule has 2 saturated carbocycles. The fourth-order valence-electron chi connectivity index (χ4n) is 8.03. The summed E-state index contributed by atoms with van der Waals surface area (Å²) in [6.07, 6.45) is 2.62. The molecule has 2 aliphatic carbocycles. The Labute approximate surface area is 337 Å². The Morgan fingerprint density at radius 3 is 2.47 bits per heavy atom. The van der Waals surface area contributed by atoms with Gasteiger partial charge in [0.05, 0.1) is 43.0 Å². The van der Waals surface area contributed by atoms with Crippen molar-refractivity contribution < 1.29 is 45.9 Å². The molecule has 4 amide bonds. The summed E-state index contributed by atoms with van der Waals surface area (Å²) in [4.78, 5) is 68.4. The van der Waals surface area contributed by atoms with E-state index in [1.165, 1.54) is 18.1 Å². The molecule has 1 aromatic carbocycles. The molecule has 2 saturated heterocycles. The highest BCUT2D eigenvalue weighted by molar-refractivity contribution is 7.70. The van der Waals surface area contributed by atoms with Gasteiger partial charge in [0.2, 0.25) is 28.6 Å². The van der Waals surface area contributed by atoms with Gasteiger partial charge in [-0.2, -0.15) is 0 Å². The monoisotopic (exact) mass is 822 g/mol. The standard InChI is InChI=1S/C41H48F2N6O8S/c1-6-24-21-41(24,38(53)49(58(54)55)25-10-11-25)46-36(51)33-18-27(22-48(33)37(52)29(39(2,3)4)19-35(50)47-16-14-40(42,43)23-47)57-34-20-32(30-9-7-8-15-44-30)45-31-17-26(56-5)12-13-28(31)34/h6-9,12-13,15,17,20,24-25,27,29,33,58H,1,10-11,14,16,18-19,21-23H2,2-5H3,(H,46,51)/t24?,27-,29-,33+,41-/m1/s1. The second-order valence-corrected chi connectivity index (χ2v) is 17.7. The first-order valence-electron chi connectivity index (χ1n) is 19.4. The molecular formula is C41H48F2N6O8S. The smallest absolute Gasteiger partial charge is 0.267 e. The molecule has 0 radical (unpaired) electrons. The number of nitrogens with one attached hydrogen (secondary N) is 1. The van der Waals surface area contributed by atoms with Crippen molar-refractivity contribution in [2.24, 2.45) is 17.3 Å². The van der Waals surface area contributed by atoms with Crippen LogP contribution in [0.15, 0.2) is 61.3 Å². The van der Waals surface area contributed by atoms with Gasteiger partial charge in [-0.15, -0.1) is 6.58 Å². The number of hydrogen-bond acceptors (Lipinski definition) is 10. The second kappa shape index (κ2) is 15.5. The average molecular weight is 823 g/mol. The van der Waals surface area contributed by atoms with Crippen molar-refractivity contribution >= 4 is 45.4 Å². The van der Waals surface area contributed by atoms with E-state index in [4.69, 9.17) is 14.5 Å². The fraction of sp³-hybridized carbons (Fsp3) is 0.512. The van der Waals surface area contributed by atoms with E-state index < -0.39 is 94.4 Å². The van der Waals surface area contributed by atoms with E-state index in [0.717, 1.165) is 9.21 Å². The Balaban J connectivity index is 1.23. The van der Waals surface area contributed by atoms with Gasteiger partial charge in [0.25, 0.3) is 11.8 Å². The first-order valence-corrected chi connectivity index (χ1v) is 20.5. The van der Waals surface area contributed by atoms with E-state index in [-0.39, 0.29) is 32.4 Å². The van der Waals surface area contributed by atoms with Gasteiger partial charge in [-0.1, -0.05) is 32.9 Å². The van der Waals surface area contributed by atoms with E-state index in [0.29, 0.717) is 46.6 Å². The van der Waals surface area contributed by atoms with Gasteiger partial charge in [0.1, 0.15) is 29.2 Å². The molecule has 14 nitrogen and oxygen atoms in total. The number of pyridine rings is 2. The zero-order valence-corrected chi connectivity index (χ0v) is 33.8. The first-order chi connectivity index (χ1) is 27.4. The van der Waals surface area contributed by atoms with Crippen molar-refractivity contribution in [3.05, 3.63) is 61.3 Å². The first kappa shape index (κ1) is 41.0. The van der Waals surface area contributed by atoms with Crippen molar-refractivity contribution in [2.75, 3.05) is 26.7 Å². The van der Waals surface area contributed by atoms with Crippen LogP contribution < -0.4 is 14.8 Å². The van der Waals surface area contributed by atoms with Crippen molar-refractivity contribution in [3.63, 3.8) is 0 Å². The Kier molecular flexibility index (Phi) is 11.0. The molecule has 3 aromatic rings. The third-order valence-electron chi connectivity index (χ3n) is 11.6. The maximum absolute atomic E-state index is 14.8. The normalized spacial score (nSPS) is 24.4. The summed E-state index contributed by atoms with van der Waals surface area (Å²) in [5, 5.41) is 3.45. The number of hydrogen-bond donors (Lipinski definition) is 2. The predicted molar refractivity (Wildman–Crippen MR) is 209 cm³/mol. The number of carbonyl (C=O) groups is 4. The molecule has 17 heteroatoms. The lowest BCUT2D eigenvalue weighted by Crippen LogP contribution is -2.57. The van der Waals surface area contributed by atoms with E-state index in [9.17, 15) is 36.4 Å².